The molecule has 0 spiro atoms. The van der Waals surface area contributed by atoms with E-state index >= 15 is 0 Å². The van der Waals surface area contributed by atoms with Crippen molar-refractivity contribution in [1.82, 2.24) is 15.4 Å². The minimum atomic E-state index is -0.114. The summed E-state index contributed by atoms with van der Waals surface area (Å²) in [5.41, 5.74) is 1.83. The fraction of sp³-hybridized carbons (Fsp3) is 0.778. The van der Waals surface area contributed by atoms with Crippen LogP contribution in [0.15, 0.2) is 24.3 Å². The van der Waals surface area contributed by atoms with E-state index in [9.17, 15) is 9.59 Å². The predicted molar refractivity (Wildman–Crippen MR) is 186 cm³/mol. The summed E-state index contributed by atoms with van der Waals surface area (Å²) < 4.78 is 10.6. The number of aromatic nitrogens is 3. The highest BCUT2D eigenvalue weighted by atomic mass is 32.2. The van der Waals surface area contributed by atoms with Gasteiger partial charge in [0, 0.05) is 11.5 Å². The van der Waals surface area contributed by atoms with Crippen LogP contribution in [0.2, 0.25) is 0 Å². The van der Waals surface area contributed by atoms with Crippen LogP contribution >= 0.6 is 11.8 Å². The summed E-state index contributed by atoms with van der Waals surface area (Å²) in [4.78, 5) is 23.6. The maximum Gasteiger partial charge on any atom is 0.306 e. The Kier molecular flexibility index (Phi) is 28.1. The van der Waals surface area contributed by atoms with Crippen molar-refractivity contribution in [3.63, 3.8) is 0 Å². The number of para-hydroxylation sites is 2. The van der Waals surface area contributed by atoms with Gasteiger partial charge in [-0.05, 0) is 25.0 Å². The number of esters is 2. The zero-order chi connectivity index (χ0) is 31.8. The first-order valence-corrected chi connectivity index (χ1v) is 19.0. The zero-order valence-electron chi connectivity index (χ0n) is 28.1. The first-order valence-electron chi connectivity index (χ1n) is 17.8. The van der Waals surface area contributed by atoms with Crippen molar-refractivity contribution in [3.8, 4) is 0 Å². The summed E-state index contributed by atoms with van der Waals surface area (Å²) in [5, 5.41) is 10.3. The van der Waals surface area contributed by atoms with Gasteiger partial charge in [0.15, 0.2) is 0 Å². The van der Waals surface area contributed by atoms with Crippen molar-refractivity contribution < 1.29 is 19.1 Å². The van der Waals surface area contributed by atoms with E-state index in [0.717, 1.165) is 36.7 Å². The molecule has 0 saturated carbocycles. The molecular formula is C36H63N3O4S. The van der Waals surface area contributed by atoms with E-state index in [4.69, 9.17) is 9.47 Å². The molecule has 0 aliphatic carbocycles. The van der Waals surface area contributed by atoms with Crippen LogP contribution in [-0.2, 0) is 19.1 Å². The first kappa shape index (κ1) is 39.9. The van der Waals surface area contributed by atoms with Gasteiger partial charge in [-0.1, -0.05) is 142 Å². The van der Waals surface area contributed by atoms with E-state index in [1.165, 1.54) is 103 Å². The molecule has 1 aromatic heterocycles. The van der Waals surface area contributed by atoms with Gasteiger partial charge in [0.1, 0.15) is 11.0 Å². The molecule has 0 unspecified atom stereocenters. The maximum absolute atomic E-state index is 11.8. The number of ether oxygens (including phenoxy) is 2. The quantitative estimate of drug-likeness (QED) is 0.0736. The third kappa shape index (κ3) is 25.3. The van der Waals surface area contributed by atoms with Gasteiger partial charge in [0.2, 0.25) is 0 Å². The van der Waals surface area contributed by atoms with Crippen LogP contribution in [0, 0.1) is 0 Å². The summed E-state index contributed by atoms with van der Waals surface area (Å²) in [6.07, 6.45) is 26.5. The summed E-state index contributed by atoms with van der Waals surface area (Å²) >= 11 is 1.63. The van der Waals surface area contributed by atoms with Crippen LogP contribution in [0.3, 0.4) is 0 Å². The van der Waals surface area contributed by atoms with Gasteiger partial charge in [-0.3, -0.25) is 9.59 Å². The van der Waals surface area contributed by atoms with E-state index in [2.05, 4.69) is 29.3 Å². The lowest BCUT2D eigenvalue weighted by atomic mass is 10.1. The van der Waals surface area contributed by atoms with Crippen LogP contribution < -0.4 is 0 Å². The summed E-state index contributed by atoms with van der Waals surface area (Å²) in [6, 6.07) is 7.70. The van der Waals surface area contributed by atoms with Crippen molar-refractivity contribution in [3.05, 3.63) is 24.3 Å². The average Bonchev–Trinajstić information content (AvgIpc) is 3.52. The van der Waals surface area contributed by atoms with Crippen molar-refractivity contribution in [1.29, 1.82) is 0 Å². The van der Waals surface area contributed by atoms with Crippen molar-refractivity contribution in [2.24, 2.45) is 0 Å². The molecule has 1 heterocycles. The van der Waals surface area contributed by atoms with Crippen LogP contribution in [0.4, 0.5) is 0 Å². The molecule has 0 aliphatic rings. The van der Waals surface area contributed by atoms with Gasteiger partial charge < -0.3 is 9.47 Å². The number of nitrogens with one attached hydrogen (secondary N) is 1. The lowest BCUT2D eigenvalue weighted by Crippen LogP contribution is -2.09. The Balaban J connectivity index is 0.000000894. The van der Waals surface area contributed by atoms with Crippen LogP contribution in [0.1, 0.15) is 155 Å². The number of fused-ring (bicyclic) bond motifs is 1. The molecule has 0 amide bonds. The fourth-order valence-corrected chi connectivity index (χ4v) is 5.72. The number of hydrogen-bond acceptors (Lipinski definition) is 7. The zero-order valence-corrected chi connectivity index (χ0v) is 28.9. The lowest BCUT2D eigenvalue weighted by molar-refractivity contribution is -0.144. The number of nitrogens with zero attached hydrogens (tertiary/aromatic N) is 2. The van der Waals surface area contributed by atoms with Gasteiger partial charge in [-0.2, -0.15) is 27.2 Å². The highest BCUT2D eigenvalue weighted by Gasteiger charge is 2.06. The normalized spacial score (nSPS) is 10.9. The summed E-state index contributed by atoms with van der Waals surface area (Å²) in [6.45, 7) is 5.60. The molecule has 0 atom stereocenters. The van der Waals surface area contributed by atoms with Crippen molar-refractivity contribution in [2.75, 3.05) is 24.7 Å². The Hall–Kier alpha value is -2.09. The number of rotatable bonds is 28. The van der Waals surface area contributed by atoms with E-state index in [1.54, 1.807) is 11.8 Å². The molecule has 0 saturated heterocycles. The lowest BCUT2D eigenvalue weighted by Gasteiger charge is -2.06. The Morgan fingerprint density at radius 1 is 0.568 bits per heavy atom. The van der Waals surface area contributed by atoms with E-state index in [-0.39, 0.29) is 11.9 Å². The SMILES string of the molecule is CCCCCCCCCCCCOC(=O)CCSCCC(=O)OCCCCCCCCCCCC.c1ccc2n[nH]nc2c1. The van der Waals surface area contributed by atoms with Crippen LogP contribution in [0.5, 0.6) is 0 Å². The van der Waals surface area contributed by atoms with E-state index in [0.29, 0.717) is 37.6 Å². The number of benzene rings is 1. The molecule has 1 aromatic carbocycles. The monoisotopic (exact) mass is 633 g/mol. The van der Waals surface area contributed by atoms with Crippen molar-refractivity contribution in [2.45, 2.75) is 155 Å². The minimum Gasteiger partial charge on any atom is -0.466 e. The second-order valence-electron chi connectivity index (χ2n) is 11.7. The van der Waals surface area contributed by atoms with E-state index < -0.39 is 0 Å². The van der Waals surface area contributed by atoms with Gasteiger partial charge in [0.05, 0.1) is 26.1 Å². The number of carbonyl (C=O) groups excluding carboxylic acids is 2. The molecule has 0 fully saturated rings. The molecule has 0 bridgehead atoms. The average molecular weight is 634 g/mol. The largest absolute Gasteiger partial charge is 0.466 e. The number of aromatic amines is 1. The number of unbranched alkanes of at least 4 members (excludes halogenated alkanes) is 18. The topological polar surface area (TPSA) is 94.2 Å². The van der Waals surface area contributed by atoms with Crippen molar-refractivity contribution >= 4 is 34.7 Å². The molecule has 0 radical (unpaired) electrons. The number of hydrogen-bond donors (Lipinski definition) is 1. The number of carbonyl (C=O) groups is 2. The highest BCUT2D eigenvalue weighted by molar-refractivity contribution is 7.99. The van der Waals surface area contributed by atoms with Gasteiger partial charge >= 0.3 is 11.9 Å². The first-order chi connectivity index (χ1) is 21.7. The Bertz CT molecular complexity index is 853. The Morgan fingerprint density at radius 2 is 0.909 bits per heavy atom. The molecule has 2 aromatic rings. The second kappa shape index (κ2) is 30.9. The van der Waals surface area contributed by atoms with Crippen LogP contribution in [-0.4, -0.2) is 52.1 Å². The summed E-state index contributed by atoms with van der Waals surface area (Å²) in [5.74, 6) is 1.19. The number of H-pyrrole nitrogens is 1. The molecule has 0 aliphatic heterocycles. The molecular weight excluding hydrogens is 570 g/mol. The molecule has 1 N–H and O–H groups in total. The molecule has 2 rings (SSSR count). The molecule has 44 heavy (non-hydrogen) atoms. The predicted octanol–water partition coefficient (Wildman–Crippen LogP) is 10.4. The Labute approximate surface area is 272 Å². The summed E-state index contributed by atoms with van der Waals surface area (Å²) in [7, 11) is 0. The van der Waals surface area contributed by atoms with Gasteiger partial charge in [0.25, 0.3) is 0 Å². The maximum atomic E-state index is 11.8. The third-order valence-corrected chi connectivity index (χ3v) is 8.63. The standard InChI is InChI=1S/C30H58O4S.C6H5N3/c1-3-5-7-9-11-13-15-17-19-21-25-33-29(31)23-27-35-28-24-30(32)34-26-22-20-18-16-14-12-10-8-6-4-2;1-2-4-6-5(3-1)7-9-8-6/h3-28H2,1-2H3;1-4H,(H,7,8,9). The van der Waals surface area contributed by atoms with Gasteiger partial charge in [-0.25, -0.2) is 0 Å². The molecule has 8 heteroatoms. The second-order valence-corrected chi connectivity index (χ2v) is 13.0. The van der Waals surface area contributed by atoms with Crippen LogP contribution in [0.25, 0.3) is 11.0 Å². The van der Waals surface area contributed by atoms with Gasteiger partial charge in [-0.15, -0.1) is 0 Å². The molecule has 252 valence electrons. The third-order valence-electron chi connectivity index (χ3n) is 7.65. The van der Waals surface area contributed by atoms with E-state index in [1.807, 2.05) is 24.3 Å². The fourth-order valence-electron chi connectivity index (χ4n) is 4.89. The minimum absolute atomic E-state index is 0.114. The number of thioether (sulfide) groups is 1. The highest BCUT2D eigenvalue weighted by Crippen LogP contribution is 2.12. The molecule has 7 nitrogen and oxygen atoms in total. The smallest absolute Gasteiger partial charge is 0.306 e. The Morgan fingerprint density at radius 3 is 1.27 bits per heavy atom.